The van der Waals surface area contributed by atoms with Gasteiger partial charge in [-0.25, -0.2) is 9.78 Å². The predicted octanol–water partition coefficient (Wildman–Crippen LogP) is 1.57. The standard InChI is InChI=1S/C10H11NO3/c1-3-10(12)14-8-5-6-9(11-7-8)13-4-2/h3,5-7H,1,4H2,2H3. The van der Waals surface area contributed by atoms with Crippen LogP contribution in [0.3, 0.4) is 0 Å². The Labute approximate surface area is 82.2 Å². The highest BCUT2D eigenvalue weighted by Crippen LogP contribution is 2.13. The molecule has 14 heavy (non-hydrogen) atoms. The van der Waals surface area contributed by atoms with Crippen molar-refractivity contribution in [3.63, 3.8) is 0 Å². The Morgan fingerprint density at radius 1 is 1.64 bits per heavy atom. The van der Waals surface area contributed by atoms with E-state index in [0.717, 1.165) is 6.08 Å². The zero-order chi connectivity index (χ0) is 10.4. The van der Waals surface area contributed by atoms with Gasteiger partial charge in [0.2, 0.25) is 5.88 Å². The second-order valence-corrected chi connectivity index (χ2v) is 2.39. The average molecular weight is 193 g/mol. The lowest BCUT2D eigenvalue weighted by Crippen LogP contribution is -2.03. The van der Waals surface area contributed by atoms with E-state index >= 15 is 0 Å². The third-order valence-electron chi connectivity index (χ3n) is 1.39. The Morgan fingerprint density at radius 3 is 2.93 bits per heavy atom. The zero-order valence-electron chi connectivity index (χ0n) is 7.90. The van der Waals surface area contributed by atoms with Crippen LogP contribution in [-0.2, 0) is 4.79 Å². The molecule has 4 nitrogen and oxygen atoms in total. The third-order valence-corrected chi connectivity index (χ3v) is 1.39. The minimum absolute atomic E-state index is 0.373. The number of ether oxygens (including phenoxy) is 2. The molecule has 0 spiro atoms. The largest absolute Gasteiger partial charge is 0.478 e. The molecule has 0 aliphatic heterocycles. The molecule has 0 aliphatic carbocycles. The SMILES string of the molecule is C=CC(=O)Oc1ccc(OCC)nc1. The van der Waals surface area contributed by atoms with Gasteiger partial charge in [-0.15, -0.1) is 0 Å². The second-order valence-electron chi connectivity index (χ2n) is 2.39. The normalized spacial score (nSPS) is 9.21. The molecular formula is C10H11NO3. The van der Waals surface area contributed by atoms with Crippen LogP contribution in [0.2, 0.25) is 0 Å². The molecule has 0 fully saturated rings. The van der Waals surface area contributed by atoms with E-state index in [1.54, 1.807) is 12.1 Å². The third kappa shape index (κ3) is 2.90. The van der Waals surface area contributed by atoms with E-state index in [0.29, 0.717) is 18.2 Å². The summed E-state index contributed by atoms with van der Waals surface area (Å²) < 4.78 is 9.94. The van der Waals surface area contributed by atoms with Crippen molar-refractivity contribution >= 4 is 5.97 Å². The Morgan fingerprint density at radius 2 is 2.43 bits per heavy atom. The van der Waals surface area contributed by atoms with E-state index in [2.05, 4.69) is 11.6 Å². The lowest BCUT2D eigenvalue weighted by Gasteiger charge is -2.03. The zero-order valence-corrected chi connectivity index (χ0v) is 7.90. The molecule has 0 saturated carbocycles. The van der Waals surface area contributed by atoms with Gasteiger partial charge in [0.05, 0.1) is 12.8 Å². The molecule has 0 bridgehead atoms. The highest BCUT2D eigenvalue weighted by atomic mass is 16.5. The molecule has 0 aliphatic rings. The summed E-state index contributed by atoms with van der Waals surface area (Å²) in [6.45, 7) is 5.71. The van der Waals surface area contributed by atoms with Crippen molar-refractivity contribution in [1.29, 1.82) is 0 Å². The molecule has 0 amide bonds. The first-order valence-corrected chi connectivity index (χ1v) is 4.19. The van der Waals surface area contributed by atoms with Gasteiger partial charge in [-0.1, -0.05) is 6.58 Å². The first kappa shape index (κ1) is 10.2. The molecule has 0 N–H and O–H groups in total. The van der Waals surface area contributed by atoms with Crippen LogP contribution in [0.1, 0.15) is 6.92 Å². The van der Waals surface area contributed by atoms with E-state index < -0.39 is 5.97 Å². The lowest BCUT2D eigenvalue weighted by molar-refractivity contribution is -0.128. The maximum atomic E-state index is 10.8. The highest BCUT2D eigenvalue weighted by molar-refractivity contribution is 5.83. The summed E-state index contributed by atoms with van der Waals surface area (Å²) in [4.78, 5) is 14.7. The van der Waals surface area contributed by atoms with Gasteiger partial charge in [0.25, 0.3) is 0 Å². The van der Waals surface area contributed by atoms with Crippen LogP contribution in [0, 0.1) is 0 Å². The highest BCUT2D eigenvalue weighted by Gasteiger charge is 2.00. The number of esters is 1. The van der Waals surface area contributed by atoms with Crippen LogP contribution < -0.4 is 9.47 Å². The number of pyridine rings is 1. The first-order valence-electron chi connectivity index (χ1n) is 4.19. The summed E-state index contributed by atoms with van der Waals surface area (Å²) in [5.41, 5.74) is 0. The van der Waals surface area contributed by atoms with Crippen LogP contribution in [0.5, 0.6) is 11.6 Å². The van der Waals surface area contributed by atoms with Gasteiger partial charge in [-0.2, -0.15) is 0 Å². The monoisotopic (exact) mass is 193 g/mol. The summed E-state index contributed by atoms with van der Waals surface area (Å²) in [6.07, 6.45) is 2.52. The number of aromatic nitrogens is 1. The topological polar surface area (TPSA) is 48.4 Å². The number of carbonyl (C=O) groups excluding carboxylic acids is 1. The van der Waals surface area contributed by atoms with Crippen LogP contribution in [0.15, 0.2) is 31.0 Å². The number of hydrogen-bond acceptors (Lipinski definition) is 4. The van der Waals surface area contributed by atoms with E-state index in [-0.39, 0.29) is 0 Å². The van der Waals surface area contributed by atoms with Crippen molar-refractivity contribution < 1.29 is 14.3 Å². The average Bonchev–Trinajstić information content (AvgIpc) is 2.21. The van der Waals surface area contributed by atoms with Gasteiger partial charge in [0.1, 0.15) is 5.75 Å². The summed E-state index contributed by atoms with van der Waals surface area (Å²) >= 11 is 0. The molecule has 0 atom stereocenters. The van der Waals surface area contributed by atoms with Crippen molar-refractivity contribution in [2.45, 2.75) is 6.92 Å². The minimum Gasteiger partial charge on any atom is -0.478 e. The van der Waals surface area contributed by atoms with Crippen molar-refractivity contribution in [3.8, 4) is 11.6 Å². The van der Waals surface area contributed by atoms with Gasteiger partial charge in [-0.3, -0.25) is 0 Å². The summed E-state index contributed by atoms with van der Waals surface area (Å²) in [5.74, 6) is 0.375. The molecule has 1 aromatic heterocycles. The van der Waals surface area contributed by atoms with Gasteiger partial charge < -0.3 is 9.47 Å². The molecule has 1 rings (SSSR count). The van der Waals surface area contributed by atoms with Gasteiger partial charge in [0, 0.05) is 12.1 Å². The Bertz CT molecular complexity index is 319. The number of rotatable bonds is 4. The first-order chi connectivity index (χ1) is 6.76. The number of nitrogens with zero attached hydrogens (tertiary/aromatic N) is 1. The Kier molecular flexibility index (Phi) is 3.67. The van der Waals surface area contributed by atoms with Gasteiger partial charge >= 0.3 is 5.97 Å². The fraction of sp³-hybridized carbons (Fsp3) is 0.200. The van der Waals surface area contributed by atoms with Crippen molar-refractivity contribution in [2.75, 3.05) is 6.61 Å². The van der Waals surface area contributed by atoms with Gasteiger partial charge in [0.15, 0.2) is 0 Å². The summed E-state index contributed by atoms with van der Waals surface area (Å²) in [5, 5.41) is 0. The summed E-state index contributed by atoms with van der Waals surface area (Å²) in [6, 6.07) is 3.24. The molecule has 0 saturated heterocycles. The van der Waals surface area contributed by atoms with E-state index in [9.17, 15) is 4.79 Å². The fourth-order valence-corrected chi connectivity index (χ4v) is 0.818. The lowest BCUT2D eigenvalue weighted by atomic mass is 10.4. The maximum Gasteiger partial charge on any atom is 0.335 e. The fourth-order valence-electron chi connectivity index (χ4n) is 0.818. The van der Waals surface area contributed by atoms with Crippen molar-refractivity contribution in [2.24, 2.45) is 0 Å². The number of hydrogen-bond donors (Lipinski definition) is 0. The smallest absolute Gasteiger partial charge is 0.335 e. The van der Waals surface area contributed by atoms with Crippen LogP contribution >= 0.6 is 0 Å². The van der Waals surface area contributed by atoms with Gasteiger partial charge in [-0.05, 0) is 13.0 Å². The molecule has 4 heteroatoms. The Balaban J connectivity index is 2.63. The van der Waals surface area contributed by atoms with Crippen LogP contribution in [-0.4, -0.2) is 17.6 Å². The number of carbonyl (C=O) groups is 1. The maximum absolute atomic E-state index is 10.8. The molecule has 74 valence electrons. The van der Waals surface area contributed by atoms with E-state index in [4.69, 9.17) is 9.47 Å². The molecule has 0 radical (unpaired) electrons. The molecule has 1 heterocycles. The van der Waals surface area contributed by atoms with Crippen LogP contribution in [0.4, 0.5) is 0 Å². The Hall–Kier alpha value is -1.84. The van der Waals surface area contributed by atoms with Crippen LogP contribution in [0.25, 0.3) is 0 Å². The predicted molar refractivity (Wildman–Crippen MR) is 51.2 cm³/mol. The van der Waals surface area contributed by atoms with Crippen molar-refractivity contribution in [1.82, 2.24) is 4.98 Å². The molecule has 0 aromatic carbocycles. The van der Waals surface area contributed by atoms with E-state index in [1.807, 2.05) is 6.92 Å². The summed E-state index contributed by atoms with van der Waals surface area (Å²) in [7, 11) is 0. The van der Waals surface area contributed by atoms with E-state index in [1.165, 1.54) is 6.20 Å². The molecular weight excluding hydrogens is 182 g/mol. The molecule has 1 aromatic rings. The second kappa shape index (κ2) is 5.01. The molecule has 0 unspecified atom stereocenters. The minimum atomic E-state index is -0.504. The van der Waals surface area contributed by atoms with Crippen molar-refractivity contribution in [3.05, 3.63) is 31.0 Å². The quantitative estimate of drug-likeness (QED) is 0.538.